The van der Waals surface area contributed by atoms with E-state index in [2.05, 4.69) is 27.4 Å². The highest BCUT2D eigenvalue weighted by molar-refractivity contribution is 5.85. The highest BCUT2D eigenvalue weighted by Crippen LogP contribution is 2.13. The van der Waals surface area contributed by atoms with E-state index in [-0.39, 0.29) is 12.4 Å². The molecule has 0 fully saturated rings. The van der Waals surface area contributed by atoms with E-state index < -0.39 is 0 Å². The molecule has 0 saturated carbocycles. The van der Waals surface area contributed by atoms with Gasteiger partial charge in [0, 0.05) is 6.54 Å². The minimum Gasteiger partial charge on any atom is -0.352 e. The van der Waals surface area contributed by atoms with E-state index in [4.69, 9.17) is 0 Å². The van der Waals surface area contributed by atoms with Crippen LogP contribution in [0.5, 0.6) is 0 Å². The van der Waals surface area contributed by atoms with Gasteiger partial charge < -0.3 is 10.3 Å². The summed E-state index contributed by atoms with van der Waals surface area (Å²) in [6.07, 6.45) is 0. The summed E-state index contributed by atoms with van der Waals surface area (Å²) in [7, 11) is 0. The second-order valence-electron chi connectivity index (χ2n) is 3.94. The van der Waals surface area contributed by atoms with Gasteiger partial charge in [-0.25, -0.2) is 4.98 Å². The maximum absolute atomic E-state index is 4.46. The number of para-hydroxylation sites is 2. The predicted octanol–water partition coefficient (Wildman–Crippen LogP) is 3.60. The molecule has 0 amide bonds. The fraction of sp³-hybridized carbons (Fsp3) is 0.0714. The summed E-state index contributed by atoms with van der Waals surface area (Å²) in [5, 5.41) is 3.28. The fourth-order valence-electron chi connectivity index (χ4n) is 1.82. The van der Waals surface area contributed by atoms with Crippen LogP contribution in [0, 0.1) is 0 Å². The second kappa shape index (κ2) is 5.56. The molecule has 18 heavy (non-hydrogen) atoms. The van der Waals surface area contributed by atoms with Gasteiger partial charge in [0.25, 0.3) is 0 Å². The lowest BCUT2D eigenvalue weighted by molar-refractivity contribution is 1.10. The number of anilines is 1. The van der Waals surface area contributed by atoms with Crippen molar-refractivity contribution in [2.75, 3.05) is 5.32 Å². The van der Waals surface area contributed by atoms with E-state index in [1.807, 2.05) is 42.5 Å². The summed E-state index contributed by atoms with van der Waals surface area (Å²) in [5.74, 6) is 0.815. The molecule has 1 heterocycles. The summed E-state index contributed by atoms with van der Waals surface area (Å²) in [4.78, 5) is 7.70. The number of nitrogens with one attached hydrogen (secondary N) is 2. The lowest BCUT2D eigenvalue weighted by Gasteiger charge is -2.01. The quantitative estimate of drug-likeness (QED) is 0.755. The smallest absolute Gasteiger partial charge is 0.201 e. The van der Waals surface area contributed by atoms with Crippen molar-refractivity contribution in [2.45, 2.75) is 6.54 Å². The molecule has 1 aromatic heterocycles. The highest BCUT2D eigenvalue weighted by Gasteiger charge is 2.00. The van der Waals surface area contributed by atoms with Crippen LogP contribution in [0.3, 0.4) is 0 Å². The van der Waals surface area contributed by atoms with Crippen LogP contribution in [0.2, 0.25) is 0 Å². The number of nitrogens with zero attached hydrogens (tertiary/aromatic N) is 1. The van der Waals surface area contributed by atoms with Crippen LogP contribution >= 0.6 is 12.4 Å². The third kappa shape index (κ3) is 2.63. The fourth-order valence-corrected chi connectivity index (χ4v) is 1.82. The standard InChI is InChI=1S/C14H13N3.ClH/c1-2-6-11(7-3-1)10-15-14-16-12-8-4-5-9-13(12)17-14;/h1-9H,10H2,(H2,15,16,17);1H. The molecule has 0 saturated heterocycles. The summed E-state index contributed by atoms with van der Waals surface area (Å²) < 4.78 is 0. The van der Waals surface area contributed by atoms with Crippen LogP contribution in [0.25, 0.3) is 11.0 Å². The van der Waals surface area contributed by atoms with Crippen molar-refractivity contribution in [3.63, 3.8) is 0 Å². The first kappa shape index (κ1) is 12.5. The molecule has 3 nitrogen and oxygen atoms in total. The molecule has 2 aromatic carbocycles. The molecule has 0 spiro atoms. The summed E-state index contributed by atoms with van der Waals surface area (Å²) >= 11 is 0. The molecular formula is C14H14ClN3. The minimum atomic E-state index is 0. The van der Waals surface area contributed by atoms with Gasteiger partial charge >= 0.3 is 0 Å². The van der Waals surface area contributed by atoms with E-state index in [9.17, 15) is 0 Å². The summed E-state index contributed by atoms with van der Waals surface area (Å²) in [6.45, 7) is 0.778. The maximum atomic E-state index is 4.46. The Kier molecular flexibility index (Phi) is 3.85. The summed E-state index contributed by atoms with van der Waals surface area (Å²) in [6, 6.07) is 18.3. The molecule has 0 bridgehead atoms. The molecule has 3 rings (SSSR count). The number of benzene rings is 2. The molecule has 0 unspecified atom stereocenters. The number of hydrogen-bond donors (Lipinski definition) is 2. The Morgan fingerprint density at radius 3 is 2.44 bits per heavy atom. The first-order valence-corrected chi connectivity index (χ1v) is 5.64. The average molecular weight is 260 g/mol. The zero-order valence-electron chi connectivity index (χ0n) is 9.76. The van der Waals surface area contributed by atoms with Crippen LogP contribution in [-0.2, 0) is 6.54 Å². The van der Waals surface area contributed by atoms with Crippen molar-refractivity contribution in [1.29, 1.82) is 0 Å². The molecule has 0 atom stereocenters. The van der Waals surface area contributed by atoms with Gasteiger partial charge in [-0.3, -0.25) is 0 Å². The van der Waals surface area contributed by atoms with Crippen molar-refractivity contribution in [3.05, 3.63) is 60.2 Å². The van der Waals surface area contributed by atoms with Gasteiger partial charge in [-0.15, -0.1) is 12.4 Å². The Morgan fingerprint density at radius 2 is 1.67 bits per heavy atom. The van der Waals surface area contributed by atoms with Gasteiger partial charge in [-0.1, -0.05) is 42.5 Å². The van der Waals surface area contributed by atoms with Crippen LogP contribution in [0.4, 0.5) is 5.95 Å². The molecule has 2 N–H and O–H groups in total. The molecule has 0 aliphatic carbocycles. The van der Waals surface area contributed by atoms with Crippen molar-refractivity contribution in [3.8, 4) is 0 Å². The molecule has 0 radical (unpaired) electrons. The second-order valence-corrected chi connectivity index (χ2v) is 3.94. The van der Waals surface area contributed by atoms with Gasteiger partial charge in [-0.05, 0) is 17.7 Å². The average Bonchev–Trinajstić information content (AvgIpc) is 2.80. The van der Waals surface area contributed by atoms with Crippen molar-refractivity contribution in [1.82, 2.24) is 9.97 Å². The first-order chi connectivity index (χ1) is 8.42. The maximum Gasteiger partial charge on any atom is 0.201 e. The van der Waals surface area contributed by atoms with Gasteiger partial charge in [0.15, 0.2) is 0 Å². The van der Waals surface area contributed by atoms with Gasteiger partial charge in [-0.2, -0.15) is 0 Å². The van der Waals surface area contributed by atoms with E-state index in [0.29, 0.717) is 0 Å². The summed E-state index contributed by atoms with van der Waals surface area (Å²) in [5.41, 5.74) is 3.29. The Hall–Kier alpha value is -2.00. The monoisotopic (exact) mass is 259 g/mol. The highest BCUT2D eigenvalue weighted by atomic mass is 35.5. The number of aromatic amines is 1. The van der Waals surface area contributed by atoms with E-state index in [1.54, 1.807) is 0 Å². The van der Waals surface area contributed by atoms with Crippen molar-refractivity contribution in [2.24, 2.45) is 0 Å². The van der Waals surface area contributed by atoms with E-state index in [0.717, 1.165) is 23.5 Å². The first-order valence-electron chi connectivity index (χ1n) is 5.64. The van der Waals surface area contributed by atoms with E-state index >= 15 is 0 Å². The van der Waals surface area contributed by atoms with Crippen LogP contribution < -0.4 is 5.32 Å². The number of aromatic nitrogens is 2. The van der Waals surface area contributed by atoms with Crippen molar-refractivity contribution >= 4 is 29.4 Å². The Bertz CT molecular complexity index is 586. The van der Waals surface area contributed by atoms with Gasteiger partial charge in [0.05, 0.1) is 11.0 Å². The largest absolute Gasteiger partial charge is 0.352 e. The topological polar surface area (TPSA) is 40.7 Å². The third-order valence-corrected chi connectivity index (χ3v) is 2.69. The SMILES string of the molecule is Cl.c1ccc(CNc2nc3ccccc3[nH]2)cc1. The number of rotatable bonds is 3. The molecule has 92 valence electrons. The predicted molar refractivity (Wildman–Crippen MR) is 77.1 cm³/mol. The zero-order valence-corrected chi connectivity index (χ0v) is 10.6. The number of fused-ring (bicyclic) bond motifs is 1. The lowest BCUT2D eigenvalue weighted by atomic mass is 10.2. The lowest BCUT2D eigenvalue weighted by Crippen LogP contribution is -2.00. The van der Waals surface area contributed by atoms with Crippen LogP contribution in [-0.4, -0.2) is 9.97 Å². The number of imidazole rings is 1. The third-order valence-electron chi connectivity index (χ3n) is 2.69. The molecular weight excluding hydrogens is 246 g/mol. The van der Waals surface area contributed by atoms with Gasteiger partial charge in [0.1, 0.15) is 0 Å². The van der Waals surface area contributed by atoms with Crippen molar-refractivity contribution < 1.29 is 0 Å². The van der Waals surface area contributed by atoms with E-state index in [1.165, 1.54) is 5.56 Å². The number of hydrogen-bond acceptors (Lipinski definition) is 2. The molecule has 0 aliphatic heterocycles. The molecule has 0 aliphatic rings. The normalized spacial score (nSPS) is 10.0. The Balaban J connectivity index is 0.00000120. The Labute approximate surface area is 112 Å². The number of halogens is 1. The Morgan fingerprint density at radius 1 is 0.944 bits per heavy atom. The van der Waals surface area contributed by atoms with Crippen LogP contribution in [0.15, 0.2) is 54.6 Å². The molecule has 3 aromatic rings. The minimum absolute atomic E-state index is 0. The zero-order chi connectivity index (χ0) is 11.5. The molecule has 4 heteroatoms. The van der Waals surface area contributed by atoms with Gasteiger partial charge in [0.2, 0.25) is 5.95 Å². The van der Waals surface area contributed by atoms with Crippen LogP contribution in [0.1, 0.15) is 5.56 Å². The number of H-pyrrole nitrogens is 1.